The molecule has 0 saturated heterocycles. The Balaban J connectivity index is 2.65. The molecule has 1 aromatic rings. The van der Waals surface area contributed by atoms with E-state index in [4.69, 9.17) is 0 Å². The number of hydrogen-bond donors (Lipinski definition) is 1. The zero-order valence-corrected chi connectivity index (χ0v) is 14.0. The molecule has 0 aliphatic heterocycles. The van der Waals surface area contributed by atoms with E-state index in [9.17, 15) is 4.21 Å². The molecule has 2 atom stereocenters. The fourth-order valence-corrected chi connectivity index (χ4v) is 3.70. The third-order valence-electron chi connectivity index (χ3n) is 3.53. The Morgan fingerprint density at radius 3 is 2.55 bits per heavy atom. The van der Waals surface area contributed by atoms with Crippen molar-refractivity contribution >= 4 is 10.8 Å². The molecule has 1 N–H and O–H groups in total. The van der Waals surface area contributed by atoms with E-state index in [0.29, 0.717) is 0 Å². The highest BCUT2D eigenvalue weighted by Crippen LogP contribution is 2.19. The number of unbranched alkanes of at least 4 members (excludes halogenated alkanes) is 2. The summed E-state index contributed by atoms with van der Waals surface area (Å²) >= 11 is 0. The van der Waals surface area contributed by atoms with E-state index < -0.39 is 10.8 Å². The van der Waals surface area contributed by atoms with Crippen molar-refractivity contribution in [1.82, 2.24) is 5.32 Å². The molecule has 0 aliphatic rings. The van der Waals surface area contributed by atoms with Crippen LogP contribution in [0, 0.1) is 6.92 Å². The first-order chi connectivity index (χ1) is 9.69. The quantitative estimate of drug-likeness (QED) is 0.662. The minimum atomic E-state index is -0.726. The van der Waals surface area contributed by atoms with Gasteiger partial charge in [0.25, 0.3) is 0 Å². The second-order valence-corrected chi connectivity index (χ2v) is 7.00. The van der Waals surface area contributed by atoms with Crippen molar-refractivity contribution in [3.05, 3.63) is 35.4 Å². The topological polar surface area (TPSA) is 29.1 Å². The molecule has 3 heteroatoms. The van der Waals surface area contributed by atoms with Crippen LogP contribution < -0.4 is 5.32 Å². The van der Waals surface area contributed by atoms with Gasteiger partial charge in [0.05, 0.1) is 0 Å². The van der Waals surface area contributed by atoms with Gasteiger partial charge in [-0.15, -0.1) is 0 Å². The highest BCUT2D eigenvalue weighted by molar-refractivity contribution is 7.85. The van der Waals surface area contributed by atoms with Crippen LogP contribution in [0.2, 0.25) is 0 Å². The van der Waals surface area contributed by atoms with Crippen molar-refractivity contribution < 1.29 is 4.21 Å². The van der Waals surface area contributed by atoms with E-state index in [0.717, 1.165) is 30.9 Å². The SMILES string of the molecule is CCCCCS(=O)CC(NCCC)c1ccccc1C. The number of nitrogens with one attached hydrogen (secondary N) is 1. The average molecular weight is 295 g/mol. The van der Waals surface area contributed by atoms with E-state index in [1.807, 2.05) is 0 Å². The van der Waals surface area contributed by atoms with E-state index >= 15 is 0 Å². The standard InChI is InChI=1S/C17H29NOS/c1-4-6-9-13-20(19)14-17(18-12-5-2)16-11-8-7-10-15(16)3/h7-8,10-11,17-18H,4-6,9,12-14H2,1-3H3. The second kappa shape index (κ2) is 10.1. The average Bonchev–Trinajstić information content (AvgIpc) is 2.44. The van der Waals surface area contributed by atoms with Crippen LogP contribution >= 0.6 is 0 Å². The molecular weight excluding hydrogens is 266 g/mol. The molecule has 0 heterocycles. The number of aryl methyl sites for hydroxylation is 1. The number of rotatable bonds is 10. The third kappa shape index (κ3) is 6.19. The summed E-state index contributed by atoms with van der Waals surface area (Å²) < 4.78 is 12.2. The van der Waals surface area contributed by atoms with Gasteiger partial charge >= 0.3 is 0 Å². The molecular formula is C17H29NOS. The molecule has 114 valence electrons. The maximum Gasteiger partial charge on any atom is 0.0439 e. The molecule has 2 unspecified atom stereocenters. The van der Waals surface area contributed by atoms with Gasteiger partial charge in [0.15, 0.2) is 0 Å². The largest absolute Gasteiger partial charge is 0.309 e. The van der Waals surface area contributed by atoms with Crippen molar-refractivity contribution in [2.45, 2.75) is 52.5 Å². The lowest BCUT2D eigenvalue weighted by Gasteiger charge is -2.20. The Hall–Kier alpha value is -0.670. The van der Waals surface area contributed by atoms with Gasteiger partial charge in [-0.1, -0.05) is 51.0 Å². The zero-order chi connectivity index (χ0) is 14.8. The first kappa shape index (κ1) is 17.4. The lowest BCUT2D eigenvalue weighted by molar-refractivity contribution is 0.567. The zero-order valence-electron chi connectivity index (χ0n) is 13.2. The minimum Gasteiger partial charge on any atom is -0.309 e. The summed E-state index contributed by atoms with van der Waals surface area (Å²) in [6.07, 6.45) is 4.55. The first-order valence-electron chi connectivity index (χ1n) is 7.82. The van der Waals surface area contributed by atoms with Gasteiger partial charge in [-0.3, -0.25) is 4.21 Å². The summed E-state index contributed by atoms with van der Waals surface area (Å²) in [6, 6.07) is 8.65. The molecule has 0 aromatic heterocycles. The van der Waals surface area contributed by atoms with Gasteiger partial charge in [-0.25, -0.2) is 0 Å². The Bertz CT molecular complexity index is 406. The predicted octanol–water partition coefficient (Wildman–Crippen LogP) is 3.97. The van der Waals surface area contributed by atoms with Crippen molar-refractivity contribution in [3.8, 4) is 0 Å². The molecule has 0 spiro atoms. The van der Waals surface area contributed by atoms with Crippen LogP contribution in [0.4, 0.5) is 0 Å². The van der Waals surface area contributed by atoms with Crippen LogP contribution in [0.25, 0.3) is 0 Å². The van der Waals surface area contributed by atoms with Crippen LogP contribution in [-0.2, 0) is 10.8 Å². The molecule has 0 fully saturated rings. The van der Waals surface area contributed by atoms with Gasteiger partial charge in [0, 0.05) is 28.3 Å². The minimum absolute atomic E-state index is 0.221. The molecule has 2 nitrogen and oxygen atoms in total. The Morgan fingerprint density at radius 1 is 1.15 bits per heavy atom. The molecule has 1 rings (SSSR count). The van der Waals surface area contributed by atoms with Crippen molar-refractivity contribution in [2.24, 2.45) is 0 Å². The molecule has 0 aliphatic carbocycles. The maximum absolute atomic E-state index is 12.2. The summed E-state index contributed by atoms with van der Waals surface area (Å²) in [5, 5.41) is 3.55. The van der Waals surface area contributed by atoms with Crippen LogP contribution in [-0.4, -0.2) is 22.3 Å². The summed E-state index contributed by atoms with van der Waals surface area (Å²) in [5.74, 6) is 1.57. The number of hydrogen-bond acceptors (Lipinski definition) is 2. The van der Waals surface area contributed by atoms with Gasteiger partial charge in [0.2, 0.25) is 0 Å². The maximum atomic E-state index is 12.2. The fourth-order valence-electron chi connectivity index (χ4n) is 2.34. The second-order valence-electron chi connectivity index (χ2n) is 5.38. The fraction of sp³-hybridized carbons (Fsp3) is 0.647. The normalized spacial score (nSPS) is 14.2. The highest BCUT2D eigenvalue weighted by atomic mass is 32.2. The lowest BCUT2D eigenvalue weighted by Crippen LogP contribution is -2.28. The van der Waals surface area contributed by atoms with Crippen LogP contribution in [0.5, 0.6) is 0 Å². The van der Waals surface area contributed by atoms with E-state index in [1.165, 1.54) is 24.0 Å². The van der Waals surface area contributed by atoms with Crippen molar-refractivity contribution in [3.63, 3.8) is 0 Å². The van der Waals surface area contributed by atoms with Crippen LogP contribution in [0.15, 0.2) is 24.3 Å². The predicted molar refractivity (Wildman–Crippen MR) is 89.6 cm³/mol. The molecule has 20 heavy (non-hydrogen) atoms. The molecule has 0 radical (unpaired) electrons. The van der Waals surface area contributed by atoms with Gasteiger partial charge in [-0.2, -0.15) is 0 Å². The lowest BCUT2D eigenvalue weighted by atomic mass is 10.0. The molecule has 1 aromatic carbocycles. The smallest absolute Gasteiger partial charge is 0.0439 e. The van der Waals surface area contributed by atoms with Gasteiger partial charge < -0.3 is 5.32 Å². The summed E-state index contributed by atoms with van der Waals surface area (Å²) in [4.78, 5) is 0. The summed E-state index contributed by atoms with van der Waals surface area (Å²) in [7, 11) is -0.726. The molecule has 0 amide bonds. The third-order valence-corrected chi connectivity index (χ3v) is 4.98. The van der Waals surface area contributed by atoms with Gasteiger partial charge in [0.1, 0.15) is 0 Å². The monoisotopic (exact) mass is 295 g/mol. The first-order valence-corrected chi connectivity index (χ1v) is 9.31. The Morgan fingerprint density at radius 2 is 1.90 bits per heavy atom. The highest BCUT2D eigenvalue weighted by Gasteiger charge is 2.15. The van der Waals surface area contributed by atoms with E-state index in [1.54, 1.807) is 0 Å². The van der Waals surface area contributed by atoms with E-state index in [2.05, 4.69) is 50.4 Å². The van der Waals surface area contributed by atoms with Gasteiger partial charge in [-0.05, 0) is 37.4 Å². The molecule has 0 bridgehead atoms. The molecule has 0 saturated carbocycles. The number of benzene rings is 1. The van der Waals surface area contributed by atoms with E-state index in [-0.39, 0.29) is 6.04 Å². The summed E-state index contributed by atoms with van der Waals surface area (Å²) in [5.41, 5.74) is 2.58. The van der Waals surface area contributed by atoms with Crippen LogP contribution in [0.3, 0.4) is 0 Å². The van der Waals surface area contributed by atoms with Crippen LogP contribution in [0.1, 0.15) is 56.7 Å². The van der Waals surface area contributed by atoms with Crippen molar-refractivity contribution in [1.29, 1.82) is 0 Å². The van der Waals surface area contributed by atoms with Crippen molar-refractivity contribution in [2.75, 3.05) is 18.1 Å². The summed E-state index contributed by atoms with van der Waals surface area (Å²) in [6.45, 7) is 7.46. The Labute approximate surface area is 126 Å². The Kier molecular flexibility index (Phi) is 8.79.